The zero-order valence-electron chi connectivity index (χ0n) is 9.42. The van der Waals surface area contributed by atoms with E-state index in [0.29, 0.717) is 0 Å². The van der Waals surface area contributed by atoms with Gasteiger partial charge in [0.1, 0.15) is 0 Å². The second-order valence-corrected chi connectivity index (χ2v) is 4.41. The van der Waals surface area contributed by atoms with Gasteiger partial charge >= 0.3 is 0 Å². The van der Waals surface area contributed by atoms with Gasteiger partial charge in [-0.15, -0.1) is 6.58 Å². The molecule has 0 fully saturated rings. The van der Waals surface area contributed by atoms with E-state index in [1.54, 1.807) is 0 Å². The normalized spacial score (nSPS) is 10.3. The van der Waals surface area contributed by atoms with Gasteiger partial charge in [-0.3, -0.25) is 0 Å². The van der Waals surface area contributed by atoms with Gasteiger partial charge in [-0.1, -0.05) is 34.1 Å². The monoisotopic (exact) mass is 283 g/mol. The van der Waals surface area contributed by atoms with Crippen molar-refractivity contribution in [3.8, 4) is 0 Å². The topological polar surface area (TPSA) is 21.3 Å². The molecule has 0 aliphatic heterocycles. The Balaban J connectivity index is 2.02. The number of ether oxygens (including phenoxy) is 1. The van der Waals surface area contributed by atoms with Gasteiger partial charge in [-0.25, -0.2) is 0 Å². The Hall–Kier alpha value is -0.640. The van der Waals surface area contributed by atoms with Crippen LogP contribution in [0.4, 0.5) is 0 Å². The Bertz CT molecular complexity index is 297. The summed E-state index contributed by atoms with van der Waals surface area (Å²) in [6.07, 6.45) is 2.79. The van der Waals surface area contributed by atoms with Gasteiger partial charge in [0.15, 0.2) is 0 Å². The lowest BCUT2D eigenvalue weighted by Gasteiger charge is -2.05. The van der Waals surface area contributed by atoms with E-state index in [1.807, 2.05) is 6.08 Å². The van der Waals surface area contributed by atoms with Crippen LogP contribution < -0.4 is 5.32 Å². The van der Waals surface area contributed by atoms with Crippen LogP contribution in [0.3, 0.4) is 0 Å². The molecule has 1 aromatic rings. The zero-order valence-corrected chi connectivity index (χ0v) is 11.0. The first-order chi connectivity index (χ1) is 7.83. The fourth-order valence-corrected chi connectivity index (χ4v) is 1.51. The van der Waals surface area contributed by atoms with Crippen LogP contribution in [0.2, 0.25) is 0 Å². The fraction of sp³-hybridized carbons (Fsp3) is 0.385. The van der Waals surface area contributed by atoms with E-state index in [1.165, 1.54) is 5.56 Å². The van der Waals surface area contributed by atoms with Crippen molar-refractivity contribution in [3.05, 3.63) is 47.0 Å². The summed E-state index contributed by atoms with van der Waals surface area (Å²) in [4.78, 5) is 0. The van der Waals surface area contributed by atoms with Crippen LogP contribution in [-0.4, -0.2) is 19.8 Å². The Labute approximate surface area is 106 Å². The summed E-state index contributed by atoms with van der Waals surface area (Å²) in [5.41, 5.74) is 1.29. The maximum Gasteiger partial charge on any atom is 0.0591 e. The maximum absolute atomic E-state index is 5.39. The van der Waals surface area contributed by atoms with Crippen LogP contribution in [0.1, 0.15) is 12.0 Å². The van der Waals surface area contributed by atoms with Crippen LogP contribution in [0.25, 0.3) is 0 Å². The summed E-state index contributed by atoms with van der Waals surface area (Å²) < 4.78 is 6.50. The average Bonchev–Trinajstić information content (AvgIpc) is 2.30. The second-order valence-electron chi connectivity index (χ2n) is 3.49. The molecule has 0 atom stereocenters. The standard InChI is InChI=1S/C13H18BrNO/c1-2-3-9-16-10-8-15-11-12-4-6-13(14)7-5-12/h2,4-7,15H,1,3,8-11H2. The summed E-state index contributed by atoms with van der Waals surface area (Å²) in [7, 11) is 0. The second kappa shape index (κ2) is 8.50. The first-order valence-corrected chi connectivity index (χ1v) is 6.26. The van der Waals surface area contributed by atoms with Crippen LogP contribution >= 0.6 is 15.9 Å². The SMILES string of the molecule is C=CCCOCCNCc1ccc(Br)cc1. The van der Waals surface area contributed by atoms with Gasteiger partial charge in [-0.2, -0.15) is 0 Å². The molecule has 0 aliphatic rings. The van der Waals surface area contributed by atoms with Gasteiger partial charge < -0.3 is 10.1 Å². The minimum absolute atomic E-state index is 0.754. The molecule has 0 aromatic heterocycles. The molecule has 0 heterocycles. The molecule has 1 rings (SSSR count). The summed E-state index contributed by atoms with van der Waals surface area (Å²) in [5, 5.41) is 3.33. The Morgan fingerprint density at radius 1 is 1.25 bits per heavy atom. The highest BCUT2D eigenvalue weighted by atomic mass is 79.9. The summed E-state index contributed by atoms with van der Waals surface area (Å²) >= 11 is 3.41. The van der Waals surface area contributed by atoms with Crippen molar-refractivity contribution in [1.29, 1.82) is 0 Å². The molecular weight excluding hydrogens is 266 g/mol. The zero-order chi connectivity index (χ0) is 11.6. The van der Waals surface area contributed by atoms with Crippen molar-refractivity contribution in [1.82, 2.24) is 5.32 Å². The predicted octanol–water partition coefficient (Wildman–Crippen LogP) is 3.13. The van der Waals surface area contributed by atoms with Gasteiger partial charge in [0.2, 0.25) is 0 Å². The first-order valence-electron chi connectivity index (χ1n) is 5.46. The molecule has 0 bridgehead atoms. The molecule has 0 unspecified atom stereocenters. The van der Waals surface area contributed by atoms with E-state index in [2.05, 4.69) is 52.1 Å². The van der Waals surface area contributed by atoms with Crippen molar-refractivity contribution in [2.75, 3.05) is 19.8 Å². The summed E-state index contributed by atoms with van der Waals surface area (Å²) in [6.45, 7) is 6.93. The van der Waals surface area contributed by atoms with Gasteiger partial charge in [-0.05, 0) is 24.1 Å². The third-order valence-corrected chi connectivity index (χ3v) is 2.66. The molecule has 0 saturated heterocycles. The van der Waals surface area contributed by atoms with Crippen molar-refractivity contribution in [3.63, 3.8) is 0 Å². The van der Waals surface area contributed by atoms with Crippen molar-refractivity contribution < 1.29 is 4.74 Å². The highest BCUT2D eigenvalue weighted by molar-refractivity contribution is 9.10. The summed E-state index contributed by atoms with van der Waals surface area (Å²) in [5.74, 6) is 0. The number of nitrogens with one attached hydrogen (secondary N) is 1. The van der Waals surface area contributed by atoms with Crippen LogP contribution in [0.5, 0.6) is 0 Å². The lowest BCUT2D eigenvalue weighted by molar-refractivity contribution is 0.140. The van der Waals surface area contributed by atoms with E-state index < -0.39 is 0 Å². The Kier molecular flexibility index (Phi) is 7.14. The van der Waals surface area contributed by atoms with Crippen molar-refractivity contribution in [2.45, 2.75) is 13.0 Å². The molecule has 1 N–H and O–H groups in total. The molecule has 16 heavy (non-hydrogen) atoms. The number of hydrogen-bond donors (Lipinski definition) is 1. The molecular formula is C13H18BrNO. The maximum atomic E-state index is 5.39. The highest BCUT2D eigenvalue weighted by Crippen LogP contribution is 2.09. The number of hydrogen-bond acceptors (Lipinski definition) is 2. The predicted molar refractivity (Wildman–Crippen MR) is 71.5 cm³/mol. The Morgan fingerprint density at radius 3 is 2.69 bits per heavy atom. The van der Waals surface area contributed by atoms with Gasteiger partial charge in [0.25, 0.3) is 0 Å². The highest BCUT2D eigenvalue weighted by Gasteiger charge is 1.92. The molecule has 0 aliphatic carbocycles. The molecule has 0 amide bonds. The van der Waals surface area contributed by atoms with E-state index >= 15 is 0 Å². The van der Waals surface area contributed by atoms with E-state index in [-0.39, 0.29) is 0 Å². The van der Waals surface area contributed by atoms with Gasteiger partial charge in [0.05, 0.1) is 13.2 Å². The minimum atomic E-state index is 0.754. The van der Waals surface area contributed by atoms with Crippen molar-refractivity contribution in [2.24, 2.45) is 0 Å². The molecule has 88 valence electrons. The molecule has 3 heteroatoms. The largest absolute Gasteiger partial charge is 0.380 e. The molecule has 0 spiro atoms. The third kappa shape index (κ3) is 6.05. The lowest BCUT2D eigenvalue weighted by Crippen LogP contribution is -2.19. The number of halogens is 1. The van der Waals surface area contributed by atoms with E-state index in [9.17, 15) is 0 Å². The first kappa shape index (κ1) is 13.4. The van der Waals surface area contributed by atoms with E-state index in [4.69, 9.17) is 4.74 Å². The van der Waals surface area contributed by atoms with Gasteiger partial charge in [0, 0.05) is 17.6 Å². The number of benzene rings is 1. The van der Waals surface area contributed by atoms with Crippen LogP contribution in [0, 0.1) is 0 Å². The number of rotatable bonds is 8. The van der Waals surface area contributed by atoms with Crippen LogP contribution in [-0.2, 0) is 11.3 Å². The Morgan fingerprint density at radius 2 is 2.00 bits per heavy atom. The van der Waals surface area contributed by atoms with E-state index in [0.717, 1.165) is 37.2 Å². The van der Waals surface area contributed by atoms with Crippen LogP contribution in [0.15, 0.2) is 41.4 Å². The summed E-state index contributed by atoms with van der Waals surface area (Å²) in [6, 6.07) is 8.32. The molecule has 0 radical (unpaired) electrons. The molecule has 0 saturated carbocycles. The smallest absolute Gasteiger partial charge is 0.0591 e. The average molecular weight is 284 g/mol. The molecule has 1 aromatic carbocycles. The quantitative estimate of drug-likeness (QED) is 0.585. The molecule has 2 nitrogen and oxygen atoms in total. The lowest BCUT2D eigenvalue weighted by atomic mass is 10.2. The minimum Gasteiger partial charge on any atom is -0.380 e. The third-order valence-electron chi connectivity index (χ3n) is 2.13. The fourth-order valence-electron chi connectivity index (χ4n) is 1.25. The van der Waals surface area contributed by atoms with Crippen molar-refractivity contribution >= 4 is 15.9 Å².